The lowest BCUT2D eigenvalue weighted by Crippen LogP contribution is -1.79. The van der Waals surface area contributed by atoms with E-state index in [2.05, 4.69) is 12.1 Å². The van der Waals surface area contributed by atoms with Crippen molar-refractivity contribution in [1.82, 2.24) is 0 Å². The molecule has 0 nitrogen and oxygen atoms in total. The second kappa shape index (κ2) is 3.65. The molecule has 0 unspecified atom stereocenters. The Balaban J connectivity index is 2.56. The van der Waals surface area contributed by atoms with Gasteiger partial charge in [-0.25, -0.2) is 0 Å². The number of fused-ring (bicyclic) bond motifs is 2. The SMILES string of the molecule is Clc1[c]cc(Cl)c2cc3c[c]ccc3cc12. The molecule has 0 N–H and O–H groups in total. The zero-order valence-corrected chi connectivity index (χ0v) is 9.73. The molecule has 0 aliphatic carbocycles. The van der Waals surface area contributed by atoms with E-state index in [4.69, 9.17) is 23.2 Å². The molecule has 0 atom stereocenters. The monoisotopic (exact) mass is 244 g/mol. The molecule has 0 spiro atoms. The lowest BCUT2D eigenvalue weighted by Gasteiger charge is -2.05. The molecule has 0 aromatic heterocycles. The van der Waals surface area contributed by atoms with E-state index >= 15 is 0 Å². The van der Waals surface area contributed by atoms with Crippen LogP contribution in [0.2, 0.25) is 10.0 Å². The summed E-state index contributed by atoms with van der Waals surface area (Å²) in [6, 6.07) is 17.6. The lowest BCUT2D eigenvalue weighted by atomic mass is 10.0. The van der Waals surface area contributed by atoms with E-state index in [0.29, 0.717) is 10.0 Å². The van der Waals surface area contributed by atoms with Crippen molar-refractivity contribution in [2.45, 2.75) is 0 Å². The molecule has 2 radical (unpaired) electrons. The highest BCUT2D eigenvalue weighted by Crippen LogP contribution is 2.32. The minimum Gasteiger partial charge on any atom is -0.0836 e. The Morgan fingerprint density at radius 3 is 2.62 bits per heavy atom. The molecule has 0 aliphatic heterocycles. The van der Waals surface area contributed by atoms with E-state index in [1.165, 1.54) is 0 Å². The van der Waals surface area contributed by atoms with Gasteiger partial charge in [-0.1, -0.05) is 35.3 Å². The highest BCUT2D eigenvalue weighted by molar-refractivity contribution is 6.40. The van der Waals surface area contributed by atoms with Crippen molar-refractivity contribution in [3.8, 4) is 0 Å². The fraction of sp³-hybridized carbons (Fsp3) is 0. The summed E-state index contributed by atoms with van der Waals surface area (Å²) in [5.74, 6) is 0. The first-order chi connectivity index (χ1) is 7.75. The molecule has 76 valence electrons. The van der Waals surface area contributed by atoms with Gasteiger partial charge in [0, 0.05) is 21.9 Å². The predicted octanol–water partition coefficient (Wildman–Crippen LogP) is 4.90. The molecule has 0 fully saturated rings. The molecular weight excluding hydrogens is 239 g/mol. The summed E-state index contributed by atoms with van der Waals surface area (Å²) in [5, 5.41) is 5.41. The molecule has 0 saturated carbocycles. The van der Waals surface area contributed by atoms with E-state index in [9.17, 15) is 0 Å². The molecule has 0 amide bonds. The van der Waals surface area contributed by atoms with Crippen molar-refractivity contribution in [1.29, 1.82) is 0 Å². The Hall–Kier alpha value is -1.24. The first-order valence-corrected chi connectivity index (χ1v) is 5.60. The summed E-state index contributed by atoms with van der Waals surface area (Å²) in [6.07, 6.45) is 0. The van der Waals surface area contributed by atoms with Crippen LogP contribution in [0.4, 0.5) is 0 Å². The average Bonchev–Trinajstić information content (AvgIpc) is 2.32. The quantitative estimate of drug-likeness (QED) is 0.494. The number of hydrogen-bond acceptors (Lipinski definition) is 0. The first kappa shape index (κ1) is 9.95. The van der Waals surface area contributed by atoms with Gasteiger partial charge >= 0.3 is 0 Å². The predicted molar refractivity (Wildman–Crippen MR) is 69.1 cm³/mol. The van der Waals surface area contributed by atoms with Crippen molar-refractivity contribution in [2.75, 3.05) is 0 Å². The van der Waals surface area contributed by atoms with Gasteiger partial charge in [-0.2, -0.15) is 0 Å². The minimum absolute atomic E-state index is 0.606. The van der Waals surface area contributed by atoms with Gasteiger partial charge in [0.15, 0.2) is 0 Å². The Morgan fingerprint density at radius 2 is 1.75 bits per heavy atom. The topological polar surface area (TPSA) is 0 Å². The zero-order valence-electron chi connectivity index (χ0n) is 8.22. The average molecular weight is 245 g/mol. The number of benzene rings is 3. The minimum atomic E-state index is 0.606. The van der Waals surface area contributed by atoms with Crippen LogP contribution >= 0.6 is 23.2 Å². The highest BCUT2D eigenvalue weighted by Gasteiger charge is 2.05. The Kier molecular flexibility index (Phi) is 2.27. The summed E-state index contributed by atoms with van der Waals surface area (Å²) in [4.78, 5) is 0. The summed E-state index contributed by atoms with van der Waals surface area (Å²) >= 11 is 12.2. The van der Waals surface area contributed by atoms with Crippen molar-refractivity contribution in [3.05, 3.63) is 58.6 Å². The zero-order chi connectivity index (χ0) is 11.1. The van der Waals surface area contributed by atoms with Gasteiger partial charge in [0.1, 0.15) is 0 Å². The van der Waals surface area contributed by atoms with Crippen LogP contribution in [0.1, 0.15) is 0 Å². The third kappa shape index (κ3) is 1.46. The van der Waals surface area contributed by atoms with Gasteiger partial charge in [-0.05, 0) is 41.1 Å². The molecule has 0 saturated heterocycles. The van der Waals surface area contributed by atoms with E-state index in [1.807, 2.05) is 30.3 Å². The first-order valence-electron chi connectivity index (χ1n) is 4.85. The van der Waals surface area contributed by atoms with Crippen molar-refractivity contribution in [3.63, 3.8) is 0 Å². The molecule has 2 heteroatoms. The fourth-order valence-corrected chi connectivity index (χ4v) is 2.26. The highest BCUT2D eigenvalue weighted by atomic mass is 35.5. The van der Waals surface area contributed by atoms with Gasteiger partial charge in [-0.15, -0.1) is 0 Å². The standard InChI is InChI=1S/C14H6Cl2/c15-13-5-6-14(16)12-8-10-4-2-1-3-9(10)7-11(12)13/h1,3-4,6-8H. The largest absolute Gasteiger partial charge is 0.0836 e. The lowest BCUT2D eigenvalue weighted by molar-refractivity contribution is 1.74. The summed E-state index contributed by atoms with van der Waals surface area (Å²) in [7, 11) is 0. The number of hydrogen-bond donors (Lipinski definition) is 0. The second-order valence-electron chi connectivity index (χ2n) is 3.62. The van der Waals surface area contributed by atoms with Crippen LogP contribution in [-0.2, 0) is 0 Å². The molecular formula is C14H6Cl2. The van der Waals surface area contributed by atoms with Crippen LogP contribution in [-0.4, -0.2) is 0 Å². The fourth-order valence-electron chi connectivity index (χ4n) is 1.84. The smallest absolute Gasteiger partial charge is 0.0564 e. The van der Waals surface area contributed by atoms with Crippen LogP contribution < -0.4 is 0 Å². The van der Waals surface area contributed by atoms with E-state index in [1.54, 1.807) is 6.07 Å². The van der Waals surface area contributed by atoms with Crippen LogP contribution in [0.15, 0.2) is 36.4 Å². The van der Waals surface area contributed by atoms with E-state index in [-0.39, 0.29) is 0 Å². The summed E-state index contributed by atoms with van der Waals surface area (Å²) < 4.78 is 0. The maximum atomic E-state index is 6.13. The third-order valence-corrected chi connectivity index (χ3v) is 3.27. The van der Waals surface area contributed by atoms with Gasteiger partial charge < -0.3 is 0 Å². The van der Waals surface area contributed by atoms with Crippen molar-refractivity contribution >= 4 is 44.7 Å². The maximum absolute atomic E-state index is 6.13. The molecule has 0 heterocycles. The van der Waals surface area contributed by atoms with Gasteiger partial charge in [-0.3, -0.25) is 0 Å². The Labute approximate surface area is 103 Å². The molecule has 3 aromatic carbocycles. The van der Waals surface area contributed by atoms with Crippen LogP contribution in [0.25, 0.3) is 21.5 Å². The number of halogens is 2. The van der Waals surface area contributed by atoms with Crippen molar-refractivity contribution in [2.24, 2.45) is 0 Å². The van der Waals surface area contributed by atoms with Gasteiger partial charge in [0.05, 0.1) is 5.02 Å². The normalized spacial score (nSPS) is 11.1. The maximum Gasteiger partial charge on any atom is 0.0564 e. The Morgan fingerprint density at radius 1 is 0.938 bits per heavy atom. The van der Waals surface area contributed by atoms with Crippen LogP contribution in [0.5, 0.6) is 0 Å². The van der Waals surface area contributed by atoms with Gasteiger partial charge in [0.25, 0.3) is 0 Å². The summed E-state index contributed by atoms with van der Waals surface area (Å²) in [6.45, 7) is 0. The van der Waals surface area contributed by atoms with Gasteiger partial charge in [0.2, 0.25) is 0 Å². The van der Waals surface area contributed by atoms with Crippen molar-refractivity contribution < 1.29 is 0 Å². The molecule has 16 heavy (non-hydrogen) atoms. The third-order valence-electron chi connectivity index (χ3n) is 2.64. The number of rotatable bonds is 0. The Bertz CT molecular complexity index is 627. The van der Waals surface area contributed by atoms with Crippen LogP contribution in [0.3, 0.4) is 0 Å². The second-order valence-corrected chi connectivity index (χ2v) is 4.41. The van der Waals surface area contributed by atoms with E-state index in [0.717, 1.165) is 21.5 Å². The molecule has 3 rings (SSSR count). The van der Waals surface area contributed by atoms with Crippen LogP contribution in [0, 0.1) is 12.1 Å². The summed E-state index contributed by atoms with van der Waals surface area (Å²) in [5.41, 5.74) is 0. The van der Waals surface area contributed by atoms with E-state index < -0.39 is 0 Å². The molecule has 3 aromatic rings. The molecule has 0 bridgehead atoms. The molecule has 0 aliphatic rings.